The van der Waals surface area contributed by atoms with Crippen LogP contribution in [-0.2, 0) is 0 Å². The second kappa shape index (κ2) is 16.0. The smallest absolute Gasteiger partial charge is 0.0456 e. The quantitative estimate of drug-likeness (QED) is 0.425. The van der Waals surface area contributed by atoms with Gasteiger partial charge in [-0.2, -0.15) is 0 Å². The number of rotatable bonds is 15. The molecule has 2 N–H and O–H groups in total. The third kappa shape index (κ3) is 15.9. The van der Waals surface area contributed by atoms with E-state index in [1.807, 2.05) is 0 Å². The predicted molar refractivity (Wildman–Crippen MR) is 83.4 cm³/mol. The molecule has 2 nitrogen and oxygen atoms in total. The molecule has 0 rings (SSSR count). The number of unbranched alkanes of at least 4 members (excludes halogenated alkanes) is 11. The van der Waals surface area contributed by atoms with Crippen LogP contribution in [0.25, 0.3) is 0 Å². The van der Waals surface area contributed by atoms with Crippen molar-refractivity contribution in [2.24, 2.45) is 5.92 Å². The van der Waals surface area contributed by atoms with Gasteiger partial charge in [0.1, 0.15) is 0 Å². The molecule has 0 aromatic carbocycles. The lowest BCUT2D eigenvalue weighted by Crippen LogP contribution is -1.99. The molecule has 0 amide bonds. The number of hydrogen-bond donors (Lipinski definition) is 2. The summed E-state index contributed by atoms with van der Waals surface area (Å²) in [5.74, 6) is 0.492. The average Bonchev–Trinajstić information content (AvgIpc) is 2.43. The normalized spacial score (nSPS) is 12.8. The molecule has 116 valence electrons. The van der Waals surface area contributed by atoms with Crippen molar-refractivity contribution in [2.75, 3.05) is 13.2 Å². The van der Waals surface area contributed by atoms with E-state index >= 15 is 0 Å². The molecule has 0 radical (unpaired) electrons. The first-order chi connectivity index (χ1) is 9.31. The minimum atomic E-state index is 0.346. The molecular formula is C17H36O2. The molecular weight excluding hydrogens is 236 g/mol. The Kier molecular flexibility index (Phi) is 15.9. The predicted octanol–water partition coefficient (Wildman–Crippen LogP) is 4.68. The summed E-state index contributed by atoms with van der Waals surface area (Å²) in [7, 11) is 0. The molecule has 0 spiro atoms. The molecule has 0 saturated carbocycles. The van der Waals surface area contributed by atoms with E-state index in [-0.39, 0.29) is 0 Å². The van der Waals surface area contributed by atoms with Crippen molar-refractivity contribution in [1.29, 1.82) is 0 Å². The SMILES string of the molecule is CC(CO)CCCCCCCCCCCCCCO. The van der Waals surface area contributed by atoms with Crippen LogP contribution in [-0.4, -0.2) is 23.4 Å². The van der Waals surface area contributed by atoms with Gasteiger partial charge < -0.3 is 10.2 Å². The minimum absolute atomic E-state index is 0.346. The molecule has 1 unspecified atom stereocenters. The van der Waals surface area contributed by atoms with Gasteiger partial charge in [0.25, 0.3) is 0 Å². The van der Waals surface area contributed by atoms with Crippen molar-refractivity contribution < 1.29 is 10.2 Å². The maximum absolute atomic E-state index is 8.91. The lowest BCUT2D eigenvalue weighted by atomic mass is 10.0. The molecule has 0 aromatic rings. The number of aliphatic hydroxyl groups excluding tert-OH is 2. The zero-order valence-corrected chi connectivity index (χ0v) is 13.1. The highest BCUT2D eigenvalue weighted by atomic mass is 16.3. The molecule has 0 aliphatic rings. The maximum atomic E-state index is 8.91. The Balaban J connectivity index is 2.95. The van der Waals surface area contributed by atoms with E-state index in [9.17, 15) is 0 Å². The van der Waals surface area contributed by atoms with Gasteiger partial charge in [0.05, 0.1) is 0 Å². The molecule has 2 heteroatoms. The van der Waals surface area contributed by atoms with Gasteiger partial charge in [0.15, 0.2) is 0 Å². The van der Waals surface area contributed by atoms with Gasteiger partial charge in [-0.3, -0.25) is 0 Å². The first kappa shape index (κ1) is 18.9. The van der Waals surface area contributed by atoms with Gasteiger partial charge in [-0.1, -0.05) is 77.6 Å². The highest BCUT2D eigenvalue weighted by Crippen LogP contribution is 2.14. The monoisotopic (exact) mass is 272 g/mol. The summed E-state index contributed by atoms with van der Waals surface area (Å²) in [5, 5.41) is 17.6. The van der Waals surface area contributed by atoms with Gasteiger partial charge in [0.2, 0.25) is 0 Å². The first-order valence-corrected chi connectivity index (χ1v) is 8.53. The van der Waals surface area contributed by atoms with Crippen LogP contribution in [0.5, 0.6) is 0 Å². The van der Waals surface area contributed by atoms with E-state index in [1.54, 1.807) is 0 Å². The standard InChI is InChI=1S/C17H36O2/c1-17(16-19)14-12-10-8-6-4-2-3-5-7-9-11-13-15-18/h17-19H,2-16H2,1H3. The van der Waals surface area contributed by atoms with Crippen LogP contribution in [0.2, 0.25) is 0 Å². The summed E-state index contributed by atoms with van der Waals surface area (Å²) in [4.78, 5) is 0. The summed E-state index contributed by atoms with van der Waals surface area (Å²) in [5.41, 5.74) is 0. The first-order valence-electron chi connectivity index (χ1n) is 8.53. The molecule has 0 aliphatic carbocycles. The van der Waals surface area contributed by atoms with Gasteiger partial charge in [-0.15, -0.1) is 0 Å². The minimum Gasteiger partial charge on any atom is -0.396 e. The number of hydrogen-bond acceptors (Lipinski definition) is 2. The average molecular weight is 272 g/mol. The molecule has 19 heavy (non-hydrogen) atoms. The van der Waals surface area contributed by atoms with Crippen LogP contribution in [0.3, 0.4) is 0 Å². The van der Waals surface area contributed by atoms with Crippen molar-refractivity contribution in [2.45, 2.75) is 90.4 Å². The highest BCUT2D eigenvalue weighted by molar-refractivity contribution is 4.52. The van der Waals surface area contributed by atoms with Crippen molar-refractivity contribution in [3.63, 3.8) is 0 Å². The summed E-state index contributed by atoms with van der Waals surface area (Å²) in [6, 6.07) is 0. The van der Waals surface area contributed by atoms with E-state index in [2.05, 4.69) is 6.92 Å². The molecule has 1 atom stereocenters. The second-order valence-corrected chi connectivity index (χ2v) is 6.04. The van der Waals surface area contributed by atoms with Gasteiger partial charge >= 0.3 is 0 Å². The van der Waals surface area contributed by atoms with Crippen molar-refractivity contribution in [1.82, 2.24) is 0 Å². The molecule has 0 saturated heterocycles. The fraction of sp³-hybridized carbons (Fsp3) is 1.00. The van der Waals surface area contributed by atoms with Crippen LogP contribution < -0.4 is 0 Å². The Morgan fingerprint density at radius 3 is 1.32 bits per heavy atom. The van der Waals surface area contributed by atoms with Crippen LogP contribution >= 0.6 is 0 Å². The lowest BCUT2D eigenvalue weighted by molar-refractivity contribution is 0.227. The largest absolute Gasteiger partial charge is 0.396 e. The second-order valence-electron chi connectivity index (χ2n) is 6.04. The number of aliphatic hydroxyl groups is 2. The van der Waals surface area contributed by atoms with Crippen LogP contribution in [0.1, 0.15) is 90.4 Å². The Hall–Kier alpha value is -0.0800. The highest BCUT2D eigenvalue weighted by Gasteiger charge is 1.99. The van der Waals surface area contributed by atoms with Gasteiger partial charge in [-0.05, 0) is 18.8 Å². The third-order valence-electron chi connectivity index (χ3n) is 3.92. The van der Waals surface area contributed by atoms with Crippen LogP contribution in [0.4, 0.5) is 0 Å². The molecule has 0 heterocycles. The van der Waals surface area contributed by atoms with E-state index < -0.39 is 0 Å². The summed E-state index contributed by atoms with van der Waals surface area (Å²) in [6.45, 7) is 2.83. The summed E-state index contributed by atoms with van der Waals surface area (Å²) >= 11 is 0. The van der Waals surface area contributed by atoms with E-state index in [1.165, 1.54) is 77.0 Å². The van der Waals surface area contributed by atoms with Crippen LogP contribution in [0.15, 0.2) is 0 Å². The Labute approximate surface area is 120 Å². The molecule has 0 aromatic heterocycles. The zero-order valence-electron chi connectivity index (χ0n) is 13.1. The zero-order chi connectivity index (χ0) is 14.2. The molecule has 0 fully saturated rings. The molecule has 0 bridgehead atoms. The summed E-state index contributed by atoms with van der Waals surface area (Å²) < 4.78 is 0. The topological polar surface area (TPSA) is 40.5 Å². The third-order valence-corrected chi connectivity index (χ3v) is 3.92. The summed E-state index contributed by atoms with van der Waals surface area (Å²) in [6.07, 6.45) is 16.9. The Morgan fingerprint density at radius 1 is 0.579 bits per heavy atom. The van der Waals surface area contributed by atoms with Crippen molar-refractivity contribution in [3.8, 4) is 0 Å². The van der Waals surface area contributed by atoms with Crippen LogP contribution in [0, 0.1) is 5.92 Å². The van der Waals surface area contributed by atoms with Crippen molar-refractivity contribution in [3.05, 3.63) is 0 Å². The van der Waals surface area contributed by atoms with Gasteiger partial charge in [0, 0.05) is 13.2 Å². The van der Waals surface area contributed by atoms with Gasteiger partial charge in [-0.25, -0.2) is 0 Å². The Bertz CT molecular complexity index is 159. The fourth-order valence-corrected chi connectivity index (χ4v) is 2.46. The van der Waals surface area contributed by atoms with E-state index in [0.29, 0.717) is 19.1 Å². The molecule has 0 aliphatic heterocycles. The fourth-order valence-electron chi connectivity index (χ4n) is 2.46. The van der Waals surface area contributed by atoms with Crippen molar-refractivity contribution >= 4 is 0 Å². The maximum Gasteiger partial charge on any atom is 0.0456 e. The lowest BCUT2D eigenvalue weighted by Gasteiger charge is -2.06. The Morgan fingerprint density at radius 2 is 0.947 bits per heavy atom. The van der Waals surface area contributed by atoms with E-state index in [4.69, 9.17) is 10.2 Å². The van der Waals surface area contributed by atoms with E-state index in [0.717, 1.165) is 6.42 Å².